The van der Waals surface area contributed by atoms with Crippen LogP contribution in [0.5, 0.6) is 0 Å². The predicted molar refractivity (Wildman–Crippen MR) is 70.2 cm³/mol. The molecule has 0 bridgehead atoms. The van der Waals surface area contributed by atoms with Gasteiger partial charge in [-0.3, -0.25) is 0 Å². The van der Waals surface area contributed by atoms with Crippen LogP contribution in [-0.2, 0) is 6.54 Å². The molecule has 0 unspecified atom stereocenters. The van der Waals surface area contributed by atoms with Gasteiger partial charge >= 0.3 is 0 Å². The Morgan fingerprint density at radius 3 is 3.05 bits per heavy atom. The van der Waals surface area contributed by atoms with Gasteiger partial charge in [0.15, 0.2) is 0 Å². The van der Waals surface area contributed by atoms with E-state index in [1.165, 1.54) is 4.80 Å². The molecule has 19 heavy (non-hydrogen) atoms. The molecule has 1 aromatic heterocycles. The largest absolute Gasteiger partial charge is 0.472 e. The molecule has 2 aliphatic rings. The number of nitrogens with zero attached hydrogens (tertiary/aromatic N) is 4. The Bertz CT molecular complexity index is 716. The summed E-state index contributed by atoms with van der Waals surface area (Å²) in [7, 11) is 0. The molecule has 0 saturated heterocycles. The maximum Gasteiger partial charge on any atom is 0.205 e. The summed E-state index contributed by atoms with van der Waals surface area (Å²) in [5, 5.41) is 12.4. The zero-order valence-electron chi connectivity index (χ0n) is 10.5. The molecule has 0 radical (unpaired) electrons. The van der Waals surface area contributed by atoms with E-state index in [-0.39, 0.29) is 0 Å². The molecule has 0 amide bonds. The van der Waals surface area contributed by atoms with Crippen molar-refractivity contribution in [2.24, 2.45) is 0 Å². The Morgan fingerprint density at radius 1 is 1.21 bits per heavy atom. The molecule has 0 saturated carbocycles. The molecule has 3 rings (SSSR count). The zero-order valence-corrected chi connectivity index (χ0v) is 10.5. The van der Waals surface area contributed by atoms with Crippen LogP contribution in [0.2, 0.25) is 0 Å². The van der Waals surface area contributed by atoms with E-state index in [0.29, 0.717) is 12.4 Å². The number of tetrazole rings is 1. The zero-order chi connectivity index (χ0) is 13.1. The van der Waals surface area contributed by atoms with Gasteiger partial charge in [-0.1, -0.05) is 18.9 Å². The third-order valence-electron chi connectivity index (χ3n) is 2.76. The van der Waals surface area contributed by atoms with Crippen LogP contribution >= 0.6 is 0 Å². The van der Waals surface area contributed by atoms with Gasteiger partial charge in [-0.15, -0.1) is 16.1 Å². The van der Waals surface area contributed by atoms with E-state index in [2.05, 4.69) is 27.3 Å². The van der Waals surface area contributed by atoms with E-state index in [1.54, 1.807) is 12.5 Å². The van der Waals surface area contributed by atoms with Crippen LogP contribution in [0.25, 0.3) is 22.5 Å². The smallest absolute Gasteiger partial charge is 0.205 e. The number of hydrogen-bond acceptors (Lipinski definition) is 4. The lowest BCUT2D eigenvalue weighted by atomic mass is 10.1. The van der Waals surface area contributed by atoms with E-state index in [9.17, 15) is 0 Å². The molecule has 94 valence electrons. The van der Waals surface area contributed by atoms with Crippen LogP contribution in [0.15, 0.2) is 35.1 Å². The fourth-order valence-electron chi connectivity index (χ4n) is 1.88. The molecular weight excluding hydrogens is 240 g/mol. The average molecular weight is 252 g/mol. The molecule has 0 atom stereocenters. The Hall–Kier alpha value is -2.61. The highest BCUT2D eigenvalue weighted by Gasteiger charge is 2.15. The standard InChI is InChI=1S/C14H12N4O/c1-2-3-4-8-18-16-14(15-17-18)13-6-5-11-10-19-9-7-12(11)13/h5-7,9-10H,2,8H2,1H3. The number of hydrogen-bond donors (Lipinski definition) is 0. The topological polar surface area (TPSA) is 56.7 Å². The Labute approximate surface area is 110 Å². The monoisotopic (exact) mass is 252 g/mol. The van der Waals surface area contributed by atoms with E-state index in [1.807, 2.05) is 25.1 Å². The van der Waals surface area contributed by atoms with Crippen molar-refractivity contribution in [2.75, 3.05) is 0 Å². The minimum atomic E-state index is 0.467. The van der Waals surface area contributed by atoms with Crippen LogP contribution in [-0.4, -0.2) is 20.2 Å². The van der Waals surface area contributed by atoms with Crippen LogP contribution in [0.4, 0.5) is 0 Å². The van der Waals surface area contributed by atoms with Gasteiger partial charge in [0.2, 0.25) is 5.82 Å². The first-order valence-corrected chi connectivity index (χ1v) is 6.07. The lowest BCUT2D eigenvalue weighted by molar-refractivity contribution is 0.552. The Morgan fingerprint density at radius 2 is 2.16 bits per heavy atom. The van der Waals surface area contributed by atoms with Gasteiger partial charge in [0.1, 0.15) is 6.54 Å². The second-order valence-corrected chi connectivity index (χ2v) is 4.02. The van der Waals surface area contributed by atoms with Crippen molar-refractivity contribution in [1.82, 2.24) is 20.2 Å². The van der Waals surface area contributed by atoms with Crippen LogP contribution < -0.4 is 0 Å². The van der Waals surface area contributed by atoms with Gasteiger partial charge in [0.25, 0.3) is 0 Å². The summed E-state index contributed by atoms with van der Waals surface area (Å²) in [6.45, 7) is 2.48. The molecule has 0 aromatic carbocycles. The van der Waals surface area contributed by atoms with Crippen molar-refractivity contribution in [3.05, 3.63) is 30.7 Å². The molecule has 1 aliphatic carbocycles. The molecule has 5 heteroatoms. The highest BCUT2D eigenvalue weighted by molar-refractivity contribution is 5.82. The summed E-state index contributed by atoms with van der Waals surface area (Å²) >= 11 is 0. The number of fused-ring (bicyclic) bond motifs is 1. The number of aromatic nitrogens is 4. The van der Waals surface area contributed by atoms with Gasteiger partial charge in [0, 0.05) is 17.5 Å². The van der Waals surface area contributed by atoms with E-state index in [4.69, 9.17) is 4.42 Å². The molecule has 0 N–H and O–H groups in total. The van der Waals surface area contributed by atoms with E-state index >= 15 is 0 Å². The fourth-order valence-corrected chi connectivity index (χ4v) is 1.88. The van der Waals surface area contributed by atoms with Crippen molar-refractivity contribution in [3.8, 4) is 34.4 Å². The first-order chi connectivity index (χ1) is 9.38. The number of rotatable bonds is 2. The lowest BCUT2D eigenvalue weighted by Crippen LogP contribution is -2.00. The fraction of sp³-hybridized carbons (Fsp3) is 0.214. The molecule has 1 aliphatic heterocycles. The summed E-state index contributed by atoms with van der Waals surface area (Å²) in [6, 6.07) is 5.85. The van der Waals surface area contributed by atoms with E-state index in [0.717, 1.165) is 23.1 Å². The summed E-state index contributed by atoms with van der Waals surface area (Å²) in [6.07, 6.45) is 4.18. The van der Waals surface area contributed by atoms with Gasteiger partial charge in [0.05, 0.1) is 12.5 Å². The summed E-state index contributed by atoms with van der Waals surface area (Å²) in [5.41, 5.74) is 3.05. The minimum Gasteiger partial charge on any atom is -0.472 e. The lowest BCUT2D eigenvalue weighted by Gasteiger charge is -1.98. The van der Waals surface area contributed by atoms with Crippen LogP contribution in [0.1, 0.15) is 13.3 Å². The highest BCUT2D eigenvalue weighted by atomic mass is 16.3. The van der Waals surface area contributed by atoms with Crippen LogP contribution in [0, 0.1) is 11.8 Å². The SMILES string of the molecule is CCC#CCn1nnc(-c2ccc3coccc2-3)n1. The highest BCUT2D eigenvalue weighted by Crippen LogP contribution is 2.33. The average Bonchev–Trinajstić information content (AvgIpc) is 3.05. The normalized spacial score (nSPS) is 10.4. The van der Waals surface area contributed by atoms with Gasteiger partial charge in [-0.05, 0) is 22.9 Å². The van der Waals surface area contributed by atoms with Gasteiger partial charge < -0.3 is 4.42 Å². The van der Waals surface area contributed by atoms with E-state index < -0.39 is 0 Å². The van der Waals surface area contributed by atoms with Crippen molar-refractivity contribution >= 4 is 0 Å². The van der Waals surface area contributed by atoms with Crippen LogP contribution in [0.3, 0.4) is 0 Å². The summed E-state index contributed by atoms with van der Waals surface area (Å²) in [4.78, 5) is 1.50. The molecule has 2 heterocycles. The summed E-state index contributed by atoms with van der Waals surface area (Å²) < 4.78 is 5.13. The van der Waals surface area contributed by atoms with Crippen molar-refractivity contribution in [1.29, 1.82) is 0 Å². The van der Waals surface area contributed by atoms with Gasteiger partial charge in [-0.2, -0.15) is 4.80 Å². The van der Waals surface area contributed by atoms with Crippen molar-refractivity contribution in [3.63, 3.8) is 0 Å². The molecule has 5 nitrogen and oxygen atoms in total. The third-order valence-corrected chi connectivity index (χ3v) is 2.76. The minimum absolute atomic E-state index is 0.467. The second-order valence-electron chi connectivity index (χ2n) is 4.02. The maximum absolute atomic E-state index is 5.13. The maximum atomic E-state index is 5.13. The van der Waals surface area contributed by atoms with Crippen molar-refractivity contribution in [2.45, 2.75) is 19.9 Å². The molecule has 0 fully saturated rings. The molecule has 1 aromatic rings. The Kier molecular flexibility index (Phi) is 2.99. The first-order valence-electron chi connectivity index (χ1n) is 6.07. The predicted octanol–water partition coefficient (Wildman–Crippen LogP) is 2.45. The quantitative estimate of drug-likeness (QED) is 0.657. The Balaban J connectivity index is 1.91. The van der Waals surface area contributed by atoms with Gasteiger partial charge in [-0.25, -0.2) is 0 Å². The molecule has 0 spiro atoms. The summed E-state index contributed by atoms with van der Waals surface area (Å²) in [5.74, 6) is 6.57. The van der Waals surface area contributed by atoms with Crippen molar-refractivity contribution < 1.29 is 4.42 Å². The third kappa shape index (κ3) is 2.20. The second kappa shape index (κ2) is 4.94. The first kappa shape index (κ1) is 11.5. The molecular formula is C14H12N4O.